The van der Waals surface area contributed by atoms with Crippen LogP contribution in [0.25, 0.3) is 0 Å². The number of sulfonamides is 1. The summed E-state index contributed by atoms with van der Waals surface area (Å²) in [7, 11) is -4.28. The zero-order valence-corrected chi connectivity index (χ0v) is 11.1. The number of halogens is 4. The SMILES string of the molecule is O=S(=O)(c1cnccc1Cl)N(CC(F)(F)F)C1CC1. The molecule has 0 aromatic carbocycles. The predicted molar refractivity (Wildman–Crippen MR) is 62.2 cm³/mol. The van der Waals surface area contributed by atoms with E-state index in [-0.39, 0.29) is 5.02 Å². The highest BCUT2D eigenvalue weighted by atomic mass is 35.5. The Labute approximate surface area is 113 Å². The van der Waals surface area contributed by atoms with Gasteiger partial charge < -0.3 is 0 Å². The van der Waals surface area contributed by atoms with E-state index in [0.29, 0.717) is 17.1 Å². The summed E-state index contributed by atoms with van der Waals surface area (Å²) in [5.74, 6) is 0. The van der Waals surface area contributed by atoms with E-state index < -0.39 is 33.7 Å². The molecule has 1 aliphatic carbocycles. The van der Waals surface area contributed by atoms with E-state index in [4.69, 9.17) is 11.6 Å². The summed E-state index contributed by atoms with van der Waals surface area (Å²) in [5, 5.41) is -0.136. The summed E-state index contributed by atoms with van der Waals surface area (Å²) in [5.41, 5.74) is 0. The van der Waals surface area contributed by atoms with E-state index in [9.17, 15) is 21.6 Å². The summed E-state index contributed by atoms with van der Waals surface area (Å²) in [6.07, 6.45) is -1.51. The third kappa shape index (κ3) is 3.37. The third-order valence-electron chi connectivity index (χ3n) is 2.61. The number of pyridine rings is 1. The second-order valence-electron chi connectivity index (χ2n) is 4.20. The van der Waals surface area contributed by atoms with Crippen molar-refractivity contribution in [1.82, 2.24) is 9.29 Å². The van der Waals surface area contributed by atoms with Gasteiger partial charge in [0.15, 0.2) is 0 Å². The summed E-state index contributed by atoms with van der Waals surface area (Å²) in [4.78, 5) is 3.20. The lowest BCUT2D eigenvalue weighted by molar-refractivity contribution is -0.137. The number of hydrogen-bond acceptors (Lipinski definition) is 3. The van der Waals surface area contributed by atoms with Gasteiger partial charge in [0.1, 0.15) is 11.4 Å². The molecule has 1 aliphatic rings. The summed E-state index contributed by atoms with van der Waals surface area (Å²) in [6.45, 7) is -1.51. The monoisotopic (exact) mass is 314 g/mol. The van der Waals surface area contributed by atoms with Gasteiger partial charge in [-0.3, -0.25) is 4.98 Å². The van der Waals surface area contributed by atoms with Crippen LogP contribution in [0.3, 0.4) is 0 Å². The minimum Gasteiger partial charge on any atom is -0.263 e. The molecule has 1 fully saturated rings. The van der Waals surface area contributed by atoms with Crippen LogP contribution in [0.15, 0.2) is 23.4 Å². The van der Waals surface area contributed by atoms with Crippen molar-refractivity contribution in [3.63, 3.8) is 0 Å². The average molecular weight is 315 g/mol. The molecule has 0 radical (unpaired) electrons. The lowest BCUT2D eigenvalue weighted by Crippen LogP contribution is -2.40. The molecule has 0 spiro atoms. The molecule has 0 N–H and O–H groups in total. The molecule has 19 heavy (non-hydrogen) atoms. The maximum atomic E-state index is 12.5. The molecule has 1 aromatic heterocycles. The molecule has 0 atom stereocenters. The Bertz CT molecular complexity index is 572. The van der Waals surface area contributed by atoms with Crippen LogP contribution in [-0.2, 0) is 10.0 Å². The maximum absolute atomic E-state index is 12.5. The highest BCUT2D eigenvalue weighted by Crippen LogP contribution is 2.36. The number of alkyl halides is 3. The van der Waals surface area contributed by atoms with Crippen molar-refractivity contribution in [2.45, 2.75) is 30.0 Å². The van der Waals surface area contributed by atoms with Crippen LogP contribution in [0.5, 0.6) is 0 Å². The minimum atomic E-state index is -4.59. The highest BCUT2D eigenvalue weighted by molar-refractivity contribution is 7.89. The first kappa shape index (κ1) is 14.5. The molecular formula is C10H10ClF3N2O2S. The van der Waals surface area contributed by atoms with Crippen molar-refractivity contribution in [1.29, 1.82) is 0 Å². The van der Waals surface area contributed by atoms with Crippen molar-refractivity contribution in [2.75, 3.05) is 6.54 Å². The van der Waals surface area contributed by atoms with Gasteiger partial charge in [-0.1, -0.05) is 11.6 Å². The molecule has 1 heterocycles. The van der Waals surface area contributed by atoms with Crippen molar-refractivity contribution in [2.24, 2.45) is 0 Å². The van der Waals surface area contributed by atoms with E-state index in [1.54, 1.807) is 0 Å². The largest absolute Gasteiger partial charge is 0.402 e. The average Bonchev–Trinajstić information content (AvgIpc) is 3.08. The topological polar surface area (TPSA) is 50.3 Å². The van der Waals surface area contributed by atoms with E-state index in [1.807, 2.05) is 0 Å². The standard InChI is InChI=1S/C10H10ClF3N2O2S/c11-8-3-4-15-5-9(8)19(17,18)16(7-1-2-7)6-10(12,13)14/h3-5,7H,1-2,6H2. The molecule has 0 unspecified atom stereocenters. The van der Waals surface area contributed by atoms with Gasteiger partial charge in [-0.2, -0.15) is 17.5 Å². The van der Waals surface area contributed by atoms with Crippen LogP contribution >= 0.6 is 11.6 Å². The number of rotatable bonds is 4. The summed E-state index contributed by atoms with van der Waals surface area (Å²) >= 11 is 5.72. The van der Waals surface area contributed by atoms with Crippen molar-refractivity contribution in [3.05, 3.63) is 23.5 Å². The Balaban J connectivity index is 2.38. The Morgan fingerprint density at radius 1 is 1.42 bits per heavy atom. The molecule has 0 bridgehead atoms. The molecule has 4 nitrogen and oxygen atoms in total. The van der Waals surface area contributed by atoms with Gasteiger partial charge in [0, 0.05) is 18.4 Å². The lowest BCUT2D eigenvalue weighted by Gasteiger charge is -2.23. The molecule has 0 aliphatic heterocycles. The molecule has 1 aromatic rings. The Morgan fingerprint density at radius 2 is 2.05 bits per heavy atom. The summed E-state index contributed by atoms with van der Waals surface area (Å²) in [6, 6.07) is 0.621. The van der Waals surface area contributed by atoms with Crippen LogP contribution in [0.4, 0.5) is 13.2 Å². The lowest BCUT2D eigenvalue weighted by atomic mass is 10.5. The Hall–Kier alpha value is -0.860. The van der Waals surface area contributed by atoms with Crippen LogP contribution < -0.4 is 0 Å². The quantitative estimate of drug-likeness (QED) is 0.857. The second-order valence-corrected chi connectivity index (χ2v) is 6.47. The Morgan fingerprint density at radius 3 is 2.53 bits per heavy atom. The van der Waals surface area contributed by atoms with Crippen molar-refractivity contribution >= 4 is 21.6 Å². The number of nitrogens with zero attached hydrogens (tertiary/aromatic N) is 2. The van der Waals surface area contributed by atoms with E-state index in [2.05, 4.69) is 4.98 Å². The molecule has 0 saturated heterocycles. The second kappa shape index (κ2) is 4.92. The maximum Gasteiger partial charge on any atom is 0.402 e. The smallest absolute Gasteiger partial charge is 0.263 e. The van der Waals surface area contributed by atoms with Crippen LogP contribution in [0.1, 0.15) is 12.8 Å². The minimum absolute atomic E-state index is 0.136. The predicted octanol–water partition coefficient (Wildman–Crippen LogP) is 2.45. The molecule has 106 valence electrons. The zero-order chi connectivity index (χ0) is 14.3. The zero-order valence-electron chi connectivity index (χ0n) is 9.56. The van der Waals surface area contributed by atoms with Crippen molar-refractivity contribution in [3.8, 4) is 0 Å². The van der Waals surface area contributed by atoms with Crippen LogP contribution in [0, 0.1) is 0 Å². The first-order valence-corrected chi connectivity index (χ1v) is 7.22. The van der Waals surface area contributed by atoms with Crippen molar-refractivity contribution < 1.29 is 21.6 Å². The van der Waals surface area contributed by atoms with Gasteiger partial charge in [0.05, 0.1) is 5.02 Å². The van der Waals surface area contributed by atoms with Gasteiger partial charge in [0.25, 0.3) is 0 Å². The highest BCUT2D eigenvalue weighted by Gasteiger charge is 2.45. The normalized spacial score (nSPS) is 16.9. The number of hydrogen-bond donors (Lipinski definition) is 0. The van der Waals surface area contributed by atoms with Gasteiger partial charge >= 0.3 is 6.18 Å². The van der Waals surface area contributed by atoms with Gasteiger partial charge in [-0.25, -0.2) is 8.42 Å². The van der Waals surface area contributed by atoms with Gasteiger partial charge in [0.2, 0.25) is 10.0 Å². The molecule has 2 rings (SSSR count). The van der Waals surface area contributed by atoms with Crippen LogP contribution in [0.2, 0.25) is 5.02 Å². The molecule has 9 heteroatoms. The molecule has 0 amide bonds. The van der Waals surface area contributed by atoms with E-state index >= 15 is 0 Å². The first-order chi connectivity index (χ1) is 8.72. The van der Waals surface area contributed by atoms with E-state index in [0.717, 1.165) is 6.20 Å². The fourth-order valence-corrected chi connectivity index (χ4v) is 3.71. The fraction of sp³-hybridized carbons (Fsp3) is 0.500. The first-order valence-electron chi connectivity index (χ1n) is 5.40. The molecule has 1 saturated carbocycles. The number of aromatic nitrogens is 1. The van der Waals surface area contributed by atoms with Crippen LogP contribution in [-0.4, -0.2) is 36.5 Å². The van der Waals surface area contributed by atoms with Gasteiger partial charge in [-0.05, 0) is 18.9 Å². The van der Waals surface area contributed by atoms with Gasteiger partial charge in [-0.15, -0.1) is 0 Å². The Kier molecular flexibility index (Phi) is 3.76. The molecular weight excluding hydrogens is 305 g/mol. The fourth-order valence-electron chi connectivity index (χ4n) is 1.63. The van der Waals surface area contributed by atoms with E-state index in [1.165, 1.54) is 12.3 Å². The third-order valence-corrected chi connectivity index (χ3v) is 4.98. The summed E-state index contributed by atoms with van der Waals surface area (Å²) < 4.78 is 62.3.